The van der Waals surface area contributed by atoms with Gasteiger partial charge >= 0.3 is 0 Å². The average molecular weight is 616 g/mol. The summed E-state index contributed by atoms with van der Waals surface area (Å²) < 4.78 is 18.9. The molecule has 0 radical (unpaired) electrons. The smallest absolute Gasteiger partial charge is 0.239 e. The number of hydrogen-bond donors (Lipinski definition) is 4. The Labute approximate surface area is 260 Å². The lowest BCUT2D eigenvalue weighted by atomic mass is 9.95. The number of aliphatic hydroxyl groups excluding tert-OH is 1. The van der Waals surface area contributed by atoms with E-state index in [1.54, 1.807) is 26.4 Å². The summed E-state index contributed by atoms with van der Waals surface area (Å²) >= 11 is 0. The van der Waals surface area contributed by atoms with Gasteiger partial charge in [0.2, 0.25) is 23.0 Å². The number of ether oxygens (including phenoxy) is 3. The van der Waals surface area contributed by atoms with Crippen molar-refractivity contribution in [3.63, 3.8) is 0 Å². The van der Waals surface area contributed by atoms with E-state index in [1.165, 1.54) is 20.1 Å². The van der Waals surface area contributed by atoms with Gasteiger partial charge in [-0.2, -0.15) is 0 Å². The normalized spacial score (nSPS) is 13.7. The SMILES string of the molecule is COc1cc2c(c(OC)c1OC)-c1ccc(NCC(=O)NCCn3c(CO)nc4ccccc43)c(=O)cc1C(NC(C)=O)CC2. The number of rotatable bonds is 11. The topological polar surface area (TPSA) is 153 Å². The Morgan fingerprint density at radius 2 is 1.82 bits per heavy atom. The summed E-state index contributed by atoms with van der Waals surface area (Å²) in [5.74, 6) is 1.38. The molecule has 0 saturated heterocycles. The summed E-state index contributed by atoms with van der Waals surface area (Å²) in [7, 11) is 4.63. The number of aromatic nitrogens is 2. The molecule has 1 aliphatic carbocycles. The Morgan fingerprint density at radius 3 is 2.53 bits per heavy atom. The van der Waals surface area contributed by atoms with E-state index in [0.29, 0.717) is 60.1 Å². The molecule has 45 heavy (non-hydrogen) atoms. The van der Waals surface area contributed by atoms with Gasteiger partial charge in [-0.1, -0.05) is 18.2 Å². The molecule has 4 N–H and O–H groups in total. The molecule has 1 aliphatic rings. The highest BCUT2D eigenvalue weighted by Gasteiger charge is 2.29. The van der Waals surface area contributed by atoms with Gasteiger partial charge < -0.3 is 39.8 Å². The van der Waals surface area contributed by atoms with Crippen molar-refractivity contribution in [1.82, 2.24) is 20.2 Å². The first-order valence-corrected chi connectivity index (χ1v) is 14.6. The van der Waals surface area contributed by atoms with Crippen LogP contribution in [0.3, 0.4) is 0 Å². The number of nitrogens with zero attached hydrogens (tertiary/aromatic N) is 2. The quantitative estimate of drug-likeness (QED) is 0.200. The summed E-state index contributed by atoms with van der Waals surface area (Å²) in [6, 6.07) is 13.9. The van der Waals surface area contributed by atoms with Crippen LogP contribution < -0.4 is 35.6 Å². The van der Waals surface area contributed by atoms with Crippen LogP contribution in [0.25, 0.3) is 22.2 Å². The van der Waals surface area contributed by atoms with Gasteiger partial charge in [0, 0.05) is 25.6 Å². The fourth-order valence-corrected chi connectivity index (χ4v) is 5.89. The summed E-state index contributed by atoms with van der Waals surface area (Å²) in [6.07, 6.45) is 1.13. The lowest BCUT2D eigenvalue weighted by Crippen LogP contribution is -2.33. The van der Waals surface area contributed by atoms with Crippen molar-refractivity contribution in [1.29, 1.82) is 0 Å². The van der Waals surface area contributed by atoms with Crippen LogP contribution in [0.4, 0.5) is 5.69 Å². The van der Waals surface area contributed by atoms with Crippen LogP contribution in [0.15, 0.2) is 53.3 Å². The van der Waals surface area contributed by atoms with Gasteiger partial charge in [0.1, 0.15) is 12.4 Å². The zero-order chi connectivity index (χ0) is 32.1. The number of anilines is 1. The average Bonchev–Trinajstić information content (AvgIpc) is 3.23. The molecule has 0 saturated carbocycles. The molecule has 1 atom stereocenters. The van der Waals surface area contributed by atoms with E-state index >= 15 is 0 Å². The van der Waals surface area contributed by atoms with Crippen molar-refractivity contribution >= 4 is 28.5 Å². The van der Waals surface area contributed by atoms with E-state index in [1.807, 2.05) is 34.9 Å². The molecule has 1 aromatic heterocycles. The number of aliphatic hydroxyl groups is 1. The third-order valence-electron chi connectivity index (χ3n) is 7.89. The number of carbonyl (C=O) groups excluding carboxylic acids is 2. The number of aryl methyl sites for hydroxylation is 1. The number of methoxy groups -OCH3 is 3. The van der Waals surface area contributed by atoms with Gasteiger partial charge in [0.25, 0.3) is 0 Å². The minimum Gasteiger partial charge on any atom is -0.493 e. The predicted molar refractivity (Wildman–Crippen MR) is 170 cm³/mol. The highest BCUT2D eigenvalue weighted by Crippen LogP contribution is 2.50. The minimum atomic E-state index is -0.439. The van der Waals surface area contributed by atoms with Gasteiger partial charge in [-0.15, -0.1) is 0 Å². The molecule has 0 bridgehead atoms. The van der Waals surface area contributed by atoms with E-state index in [0.717, 1.165) is 22.2 Å². The number of benzene rings is 2. The van der Waals surface area contributed by atoms with Gasteiger partial charge in [-0.25, -0.2) is 4.98 Å². The fraction of sp³-hybridized carbons (Fsp3) is 0.333. The van der Waals surface area contributed by atoms with E-state index in [2.05, 4.69) is 20.9 Å². The molecule has 1 unspecified atom stereocenters. The molecule has 236 valence electrons. The van der Waals surface area contributed by atoms with Gasteiger partial charge in [0.15, 0.2) is 11.5 Å². The molecule has 5 rings (SSSR count). The Kier molecular flexibility index (Phi) is 9.53. The first kappa shape index (κ1) is 31.3. The maximum atomic E-state index is 13.5. The molecule has 0 fully saturated rings. The van der Waals surface area contributed by atoms with Crippen molar-refractivity contribution in [3.05, 3.63) is 75.7 Å². The summed E-state index contributed by atoms with van der Waals surface area (Å²) in [5.41, 5.74) is 4.52. The highest BCUT2D eigenvalue weighted by atomic mass is 16.5. The second-order valence-electron chi connectivity index (χ2n) is 10.6. The van der Waals surface area contributed by atoms with Crippen molar-refractivity contribution in [2.24, 2.45) is 0 Å². The molecule has 3 aromatic carbocycles. The minimum absolute atomic E-state index is 0.137. The van der Waals surface area contributed by atoms with Crippen LogP contribution in [-0.2, 0) is 29.2 Å². The van der Waals surface area contributed by atoms with Crippen LogP contribution in [0.1, 0.15) is 36.3 Å². The van der Waals surface area contributed by atoms with E-state index in [4.69, 9.17) is 14.2 Å². The molecule has 0 aliphatic heterocycles. The number of nitrogens with one attached hydrogen (secondary N) is 3. The van der Waals surface area contributed by atoms with Crippen LogP contribution >= 0.6 is 0 Å². The molecular weight excluding hydrogens is 578 g/mol. The zero-order valence-corrected chi connectivity index (χ0v) is 25.7. The van der Waals surface area contributed by atoms with E-state index in [-0.39, 0.29) is 36.1 Å². The first-order valence-electron chi connectivity index (χ1n) is 14.6. The highest BCUT2D eigenvalue weighted by molar-refractivity contribution is 5.84. The number of hydrogen-bond acceptors (Lipinski definition) is 9. The Hall–Kier alpha value is -5.10. The van der Waals surface area contributed by atoms with E-state index < -0.39 is 6.04 Å². The first-order chi connectivity index (χ1) is 21.8. The summed E-state index contributed by atoms with van der Waals surface area (Å²) in [6.45, 7) is 1.81. The number of para-hydroxylation sites is 2. The van der Waals surface area contributed by atoms with Gasteiger partial charge in [0.05, 0.1) is 50.6 Å². The monoisotopic (exact) mass is 615 g/mol. The standard InChI is InChI=1S/C33H37N5O7/c1-19(40)36-23-11-9-20-15-28(43-2)32(44-3)33(45-4)31(20)21-10-12-25(27(41)16-22(21)23)35-17-30(42)34-13-14-38-26-8-6-5-7-24(26)37-29(38)18-39/h5-8,10,12,15-16,23,39H,9,11,13-14,17-18H2,1-4H3,(H,34,42)(H,35,41)(H,36,40). The molecule has 12 heteroatoms. The third-order valence-corrected chi connectivity index (χ3v) is 7.89. The molecular formula is C33H37N5O7. The van der Waals surface area contributed by atoms with Crippen LogP contribution in [-0.4, -0.2) is 60.9 Å². The number of carbonyl (C=O) groups is 2. The molecule has 2 amide bonds. The van der Waals surface area contributed by atoms with Gasteiger partial charge in [-0.05, 0) is 59.9 Å². The lowest BCUT2D eigenvalue weighted by Gasteiger charge is -2.19. The van der Waals surface area contributed by atoms with Crippen molar-refractivity contribution in [3.8, 4) is 28.4 Å². The van der Waals surface area contributed by atoms with Crippen molar-refractivity contribution in [2.75, 3.05) is 39.7 Å². The van der Waals surface area contributed by atoms with Crippen LogP contribution in [0.5, 0.6) is 17.2 Å². The maximum Gasteiger partial charge on any atom is 0.239 e. The summed E-state index contributed by atoms with van der Waals surface area (Å²) in [4.78, 5) is 42.9. The lowest BCUT2D eigenvalue weighted by molar-refractivity contribution is -0.120. The predicted octanol–water partition coefficient (Wildman–Crippen LogP) is 2.93. The maximum absolute atomic E-state index is 13.5. The second kappa shape index (κ2) is 13.7. The second-order valence-corrected chi connectivity index (χ2v) is 10.6. The third kappa shape index (κ3) is 6.41. The van der Waals surface area contributed by atoms with Crippen molar-refractivity contribution < 1.29 is 28.9 Å². The van der Waals surface area contributed by atoms with Gasteiger partial charge in [-0.3, -0.25) is 14.4 Å². The van der Waals surface area contributed by atoms with Crippen LogP contribution in [0.2, 0.25) is 0 Å². The Bertz CT molecular complexity index is 1800. The number of fused-ring (bicyclic) bond motifs is 4. The molecule has 12 nitrogen and oxygen atoms in total. The molecule has 0 spiro atoms. The van der Waals surface area contributed by atoms with Crippen molar-refractivity contribution in [2.45, 2.75) is 39.0 Å². The van der Waals surface area contributed by atoms with Crippen LogP contribution in [0, 0.1) is 0 Å². The molecule has 1 heterocycles. The Balaban J connectivity index is 1.40. The van der Waals surface area contributed by atoms with E-state index in [9.17, 15) is 19.5 Å². The number of amides is 2. The largest absolute Gasteiger partial charge is 0.493 e. The zero-order valence-electron chi connectivity index (χ0n) is 25.7. The fourth-order valence-electron chi connectivity index (χ4n) is 5.89. The number of imidazole rings is 1. The molecule has 4 aromatic rings. The Morgan fingerprint density at radius 1 is 1.04 bits per heavy atom. The summed E-state index contributed by atoms with van der Waals surface area (Å²) in [5, 5.41) is 18.5.